The first-order valence-corrected chi connectivity index (χ1v) is 14.0. The Balaban J connectivity index is 0.000000566. The lowest BCUT2D eigenvalue weighted by molar-refractivity contribution is -0.192. The van der Waals surface area contributed by atoms with Crippen molar-refractivity contribution < 1.29 is 42.2 Å². The van der Waals surface area contributed by atoms with Crippen molar-refractivity contribution in [3.05, 3.63) is 95.3 Å². The fourth-order valence-electron chi connectivity index (χ4n) is 4.60. The van der Waals surface area contributed by atoms with Gasteiger partial charge in [-0.3, -0.25) is 4.79 Å². The molecule has 2 aromatic heterocycles. The Morgan fingerprint density at radius 3 is 2.45 bits per heavy atom. The number of aliphatic carboxylic acids is 2. The second-order valence-electron chi connectivity index (χ2n) is 10.1. The van der Waals surface area contributed by atoms with Gasteiger partial charge in [0.05, 0.1) is 6.42 Å². The highest BCUT2D eigenvalue weighted by Gasteiger charge is 2.38. The third kappa shape index (κ3) is 9.82. The molecule has 0 saturated heterocycles. The van der Waals surface area contributed by atoms with Crippen molar-refractivity contribution in [1.29, 1.82) is 0 Å². The van der Waals surface area contributed by atoms with Crippen LogP contribution >= 0.6 is 0 Å². The summed E-state index contributed by atoms with van der Waals surface area (Å²) >= 11 is 0. The molecule has 232 valence electrons. The van der Waals surface area contributed by atoms with E-state index in [1.54, 1.807) is 0 Å². The lowest BCUT2D eigenvalue weighted by Gasteiger charge is -2.17. The Morgan fingerprint density at radius 2 is 1.73 bits per heavy atom. The van der Waals surface area contributed by atoms with Gasteiger partial charge in [-0.2, -0.15) is 18.2 Å². The molecule has 0 bridgehead atoms. The van der Waals surface area contributed by atoms with Crippen molar-refractivity contribution in [1.82, 2.24) is 15.1 Å². The first kappa shape index (κ1) is 32.0. The average molecular weight is 613 g/mol. The number of ether oxygens (including phenoxy) is 1. The van der Waals surface area contributed by atoms with Crippen LogP contribution in [0.1, 0.15) is 53.7 Å². The van der Waals surface area contributed by atoms with Crippen LogP contribution in [0, 0.1) is 0 Å². The molecule has 0 aliphatic carbocycles. The number of carboxylic acids is 2. The number of aromatic nitrogens is 3. The van der Waals surface area contributed by atoms with E-state index in [0.717, 1.165) is 55.1 Å². The number of hydrogen-bond donors (Lipinski definition) is 3. The van der Waals surface area contributed by atoms with Crippen LogP contribution < -0.4 is 10.1 Å². The van der Waals surface area contributed by atoms with Crippen LogP contribution in [0.3, 0.4) is 0 Å². The van der Waals surface area contributed by atoms with Gasteiger partial charge in [-0.25, -0.2) is 9.78 Å². The summed E-state index contributed by atoms with van der Waals surface area (Å²) in [5, 5.41) is 24.1. The molecule has 3 heterocycles. The van der Waals surface area contributed by atoms with Crippen molar-refractivity contribution in [3.8, 4) is 11.5 Å². The van der Waals surface area contributed by atoms with Crippen molar-refractivity contribution in [2.24, 2.45) is 0 Å². The van der Waals surface area contributed by atoms with E-state index in [4.69, 9.17) is 24.1 Å². The number of para-hydroxylation sites is 1. The summed E-state index contributed by atoms with van der Waals surface area (Å²) in [6.45, 7) is 0.975. The second kappa shape index (κ2) is 15.0. The highest BCUT2D eigenvalue weighted by Crippen LogP contribution is 2.29. The summed E-state index contributed by atoms with van der Waals surface area (Å²) in [6, 6.07) is 21.2. The van der Waals surface area contributed by atoms with E-state index in [0.29, 0.717) is 30.3 Å². The fraction of sp³-hybridized carbons (Fsp3) is 0.323. The molecule has 0 spiro atoms. The van der Waals surface area contributed by atoms with Crippen LogP contribution in [0.25, 0.3) is 0 Å². The van der Waals surface area contributed by atoms with Crippen molar-refractivity contribution in [2.75, 3.05) is 11.9 Å². The van der Waals surface area contributed by atoms with Crippen LogP contribution in [-0.2, 0) is 35.3 Å². The fourth-order valence-corrected chi connectivity index (χ4v) is 4.60. The maximum atomic E-state index is 11.6. The zero-order chi connectivity index (χ0) is 31.5. The number of aryl methyl sites for hydroxylation is 3. The maximum absolute atomic E-state index is 11.6. The highest BCUT2D eigenvalue weighted by molar-refractivity contribution is 5.73. The molecule has 0 saturated carbocycles. The van der Waals surface area contributed by atoms with Gasteiger partial charge in [0, 0.05) is 31.0 Å². The number of carbonyl (C=O) groups is 2. The molecule has 13 heteroatoms. The molecular weight excluding hydrogens is 581 g/mol. The number of nitrogens with one attached hydrogen (secondary N) is 1. The summed E-state index contributed by atoms with van der Waals surface area (Å²) in [5.41, 5.74) is 3.18. The SMILES string of the molecule is O=C(O)C(F)(F)F.O=C(O)CC(Cc1nc(CCCc2ccc3c(n2)NCCC3)no1)c1cccc(Oc2ccccc2)c1. The zero-order valence-electron chi connectivity index (χ0n) is 23.6. The normalized spacial score (nSPS) is 13.1. The van der Waals surface area contributed by atoms with E-state index in [2.05, 4.69) is 27.6 Å². The van der Waals surface area contributed by atoms with Gasteiger partial charge in [0.1, 0.15) is 17.3 Å². The number of hydrogen-bond acceptors (Lipinski definition) is 8. The zero-order valence-corrected chi connectivity index (χ0v) is 23.6. The molecule has 0 amide bonds. The molecule has 5 rings (SSSR count). The standard InChI is InChI=1S/C29H30N4O4.C2HF3O2/c34-28(35)19-22(21-7-4-12-25(17-21)36-24-10-2-1-3-11-24)18-27-32-26(33-37-27)13-5-9-23-15-14-20-8-6-16-30-29(20)31-23;3-2(4,5)1(6)7/h1-4,7,10-12,14-15,17,22H,5-6,8-9,13,16,18-19H2,(H,30,31)(H,34,35);(H,6,7). The first-order valence-electron chi connectivity index (χ1n) is 14.0. The molecule has 1 atom stereocenters. The van der Waals surface area contributed by atoms with Gasteiger partial charge in [0.15, 0.2) is 5.82 Å². The predicted octanol–water partition coefficient (Wildman–Crippen LogP) is 6.22. The quantitative estimate of drug-likeness (QED) is 0.178. The van der Waals surface area contributed by atoms with E-state index >= 15 is 0 Å². The smallest absolute Gasteiger partial charge is 0.481 e. The summed E-state index contributed by atoms with van der Waals surface area (Å²) in [7, 11) is 0. The molecule has 44 heavy (non-hydrogen) atoms. The Bertz CT molecular complexity index is 1540. The largest absolute Gasteiger partial charge is 0.490 e. The first-order chi connectivity index (χ1) is 21.1. The molecule has 3 N–H and O–H groups in total. The lowest BCUT2D eigenvalue weighted by Crippen LogP contribution is -2.21. The molecule has 1 aliphatic heterocycles. The highest BCUT2D eigenvalue weighted by atomic mass is 19.4. The van der Waals surface area contributed by atoms with Crippen LogP contribution in [0.15, 0.2) is 71.3 Å². The van der Waals surface area contributed by atoms with E-state index in [-0.39, 0.29) is 12.3 Å². The van der Waals surface area contributed by atoms with Gasteiger partial charge in [-0.1, -0.05) is 41.6 Å². The Morgan fingerprint density at radius 1 is 0.977 bits per heavy atom. The maximum Gasteiger partial charge on any atom is 0.490 e. The van der Waals surface area contributed by atoms with E-state index in [9.17, 15) is 23.1 Å². The molecule has 2 aromatic carbocycles. The van der Waals surface area contributed by atoms with Gasteiger partial charge >= 0.3 is 18.1 Å². The van der Waals surface area contributed by atoms with Crippen molar-refractivity contribution in [3.63, 3.8) is 0 Å². The number of anilines is 1. The number of halogens is 3. The van der Waals surface area contributed by atoms with Crippen LogP contribution in [0.2, 0.25) is 0 Å². The third-order valence-corrected chi connectivity index (χ3v) is 6.69. The topological polar surface area (TPSA) is 148 Å². The molecule has 10 nitrogen and oxygen atoms in total. The number of pyridine rings is 1. The van der Waals surface area contributed by atoms with Crippen LogP contribution in [0.4, 0.5) is 19.0 Å². The number of carboxylic acid groups (broad SMARTS) is 2. The van der Waals surface area contributed by atoms with E-state index in [1.807, 2.05) is 54.6 Å². The third-order valence-electron chi connectivity index (χ3n) is 6.69. The van der Waals surface area contributed by atoms with Gasteiger partial charge in [0.25, 0.3) is 0 Å². The summed E-state index contributed by atoms with van der Waals surface area (Å²) < 4.78 is 43.2. The summed E-state index contributed by atoms with van der Waals surface area (Å²) in [6.07, 6.45) is -0.226. The monoisotopic (exact) mass is 612 g/mol. The minimum Gasteiger partial charge on any atom is -0.481 e. The van der Waals surface area contributed by atoms with Crippen molar-refractivity contribution in [2.45, 2.75) is 57.0 Å². The Hall–Kier alpha value is -4.94. The molecule has 1 aliphatic rings. The number of alkyl halides is 3. The Labute approximate surface area is 250 Å². The van der Waals surface area contributed by atoms with Gasteiger partial charge < -0.3 is 24.8 Å². The number of nitrogens with zero attached hydrogens (tertiary/aromatic N) is 3. The summed E-state index contributed by atoms with van der Waals surface area (Å²) in [4.78, 5) is 29.8. The second-order valence-corrected chi connectivity index (χ2v) is 10.1. The summed E-state index contributed by atoms with van der Waals surface area (Å²) in [5.74, 6) is -0.522. The Kier molecular flexibility index (Phi) is 10.9. The lowest BCUT2D eigenvalue weighted by atomic mass is 9.92. The van der Waals surface area contributed by atoms with E-state index < -0.39 is 18.1 Å². The van der Waals surface area contributed by atoms with Crippen LogP contribution in [0.5, 0.6) is 11.5 Å². The molecule has 4 aromatic rings. The number of rotatable bonds is 11. The molecular formula is C31H31F3N4O6. The minimum absolute atomic E-state index is 0.0511. The van der Waals surface area contributed by atoms with Crippen LogP contribution in [-0.4, -0.2) is 50.0 Å². The molecule has 0 radical (unpaired) electrons. The van der Waals surface area contributed by atoms with Gasteiger partial charge in [0.2, 0.25) is 5.89 Å². The van der Waals surface area contributed by atoms with E-state index in [1.165, 1.54) is 5.56 Å². The molecule has 1 unspecified atom stereocenters. The van der Waals surface area contributed by atoms with Crippen molar-refractivity contribution >= 4 is 17.8 Å². The molecule has 0 fully saturated rings. The minimum atomic E-state index is -5.08. The van der Waals surface area contributed by atoms with Gasteiger partial charge in [-0.05, 0) is 67.1 Å². The predicted molar refractivity (Wildman–Crippen MR) is 153 cm³/mol. The number of fused-ring (bicyclic) bond motifs is 1. The van der Waals surface area contributed by atoms with Gasteiger partial charge in [-0.15, -0.1) is 0 Å². The average Bonchev–Trinajstić information content (AvgIpc) is 3.44. The number of benzene rings is 2.